The molecular formula is C21H18Cl2N4O3. The summed E-state index contributed by atoms with van der Waals surface area (Å²) in [6.07, 6.45) is 0. The van der Waals surface area contributed by atoms with Gasteiger partial charge in [0.05, 0.1) is 35.9 Å². The van der Waals surface area contributed by atoms with Crippen LogP contribution < -0.4 is 15.6 Å². The maximum Gasteiger partial charge on any atom is 0.293 e. The van der Waals surface area contributed by atoms with E-state index in [1.165, 1.54) is 6.07 Å². The lowest BCUT2D eigenvalue weighted by molar-refractivity contribution is -0.120. The van der Waals surface area contributed by atoms with Gasteiger partial charge in [0.15, 0.2) is 11.6 Å². The van der Waals surface area contributed by atoms with Crippen molar-refractivity contribution in [3.05, 3.63) is 56.4 Å². The summed E-state index contributed by atoms with van der Waals surface area (Å²) in [5.41, 5.74) is 1.39. The Labute approximate surface area is 182 Å². The molecule has 0 atom stereocenters. The number of ether oxygens (including phenoxy) is 2. The Hall–Kier alpha value is -2.79. The van der Waals surface area contributed by atoms with Crippen LogP contribution in [0.1, 0.15) is 12.5 Å². The van der Waals surface area contributed by atoms with Crippen molar-refractivity contribution in [3.8, 4) is 11.8 Å². The molecule has 1 aliphatic heterocycles. The minimum Gasteiger partial charge on any atom is -0.487 e. The van der Waals surface area contributed by atoms with E-state index in [4.69, 9.17) is 37.9 Å². The van der Waals surface area contributed by atoms with Crippen LogP contribution in [0.3, 0.4) is 0 Å². The van der Waals surface area contributed by atoms with Crippen LogP contribution in [0.15, 0.2) is 35.1 Å². The first-order valence-electron chi connectivity index (χ1n) is 9.17. The number of hydrogen-bond donors (Lipinski definition) is 1. The summed E-state index contributed by atoms with van der Waals surface area (Å²) in [7, 11) is 1.71. The smallest absolute Gasteiger partial charge is 0.293 e. The van der Waals surface area contributed by atoms with Crippen LogP contribution in [0.5, 0.6) is 5.75 Å². The number of aromatic nitrogens is 2. The van der Waals surface area contributed by atoms with Crippen molar-refractivity contribution >= 4 is 45.6 Å². The molecule has 3 aromatic rings. The second kappa shape index (κ2) is 7.80. The molecule has 30 heavy (non-hydrogen) atoms. The fourth-order valence-corrected chi connectivity index (χ4v) is 3.57. The van der Waals surface area contributed by atoms with Gasteiger partial charge >= 0.3 is 0 Å². The van der Waals surface area contributed by atoms with E-state index in [9.17, 15) is 4.79 Å². The van der Waals surface area contributed by atoms with Crippen molar-refractivity contribution in [3.63, 3.8) is 0 Å². The van der Waals surface area contributed by atoms with Gasteiger partial charge in [0, 0.05) is 23.5 Å². The Balaban J connectivity index is 1.66. The molecule has 1 N–H and O–H groups in total. The second-order valence-corrected chi connectivity index (χ2v) is 8.40. The van der Waals surface area contributed by atoms with Crippen molar-refractivity contribution in [2.45, 2.75) is 6.92 Å². The van der Waals surface area contributed by atoms with Crippen LogP contribution in [-0.2, 0) is 11.8 Å². The van der Waals surface area contributed by atoms with Gasteiger partial charge in [0.25, 0.3) is 5.56 Å². The van der Waals surface area contributed by atoms with Gasteiger partial charge in [-0.3, -0.25) is 4.79 Å². The average Bonchev–Trinajstić information content (AvgIpc) is 2.70. The molecule has 154 valence electrons. The maximum atomic E-state index is 12.6. The van der Waals surface area contributed by atoms with Gasteiger partial charge in [-0.15, -0.1) is 0 Å². The maximum absolute atomic E-state index is 12.6. The van der Waals surface area contributed by atoms with Crippen molar-refractivity contribution in [1.82, 2.24) is 9.55 Å². The van der Waals surface area contributed by atoms with Crippen LogP contribution >= 0.6 is 23.2 Å². The molecule has 0 aliphatic carbocycles. The Morgan fingerprint density at radius 3 is 2.77 bits per heavy atom. The van der Waals surface area contributed by atoms with E-state index in [0.717, 1.165) is 10.9 Å². The lowest BCUT2D eigenvalue weighted by atomic mass is 9.90. The molecule has 1 aliphatic rings. The molecule has 2 aromatic heterocycles. The molecule has 1 aromatic carbocycles. The van der Waals surface area contributed by atoms with Crippen molar-refractivity contribution in [1.29, 1.82) is 5.26 Å². The third-order valence-corrected chi connectivity index (χ3v) is 5.56. The average molecular weight is 445 g/mol. The number of nitrogens with zero attached hydrogens (tertiary/aromatic N) is 3. The lowest BCUT2D eigenvalue weighted by Crippen LogP contribution is -2.44. The highest BCUT2D eigenvalue weighted by Gasteiger charge is 2.34. The van der Waals surface area contributed by atoms with Gasteiger partial charge in [0.2, 0.25) is 0 Å². The van der Waals surface area contributed by atoms with Gasteiger partial charge in [0.1, 0.15) is 11.2 Å². The lowest BCUT2D eigenvalue weighted by Gasteiger charge is -2.37. The molecule has 9 heteroatoms. The summed E-state index contributed by atoms with van der Waals surface area (Å²) < 4.78 is 12.6. The van der Waals surface area contributed by atoms with Crippen LogP contribution in [0.25, 0.3) is 10.9 Å². The van der Waals surface area contributed by atoms with Crippen LogP contribution in [0.4, 0.5) is 11.5 Å². The van der Waals surface area contributed by atoms with E-state index in [1.807, 2.05) is 18.2 Å². The van der Waals surface area contributed by atoms with E-state index in [-0.39, 0.29) is 32.5 Å². The van der Waals surface area contributed by atoms with Crippen molar-refractivity contribution in [2.75, 3.05) is 25.1 Å². The Kier molecular flexibility index (Phi) is 5.33. The van der Waals surface area contributed by atoms with Gasteiger partial charge in [-0.2, -0.15) is 5.26 Å². The first kappa shape index (κ1) is 20.5. The minimum atomic E-state index is -0.198. The first-order chi connectivity index (χ1) is 14.3. The van der Waals surface area contributed by atoms with E-state index in [1.54, 1.807) is 23.7 Å². The second-order valence-electron chi connectivity index (χ2n) is 7.63. The highest BCUT2D eigenvalue weighted by Crippen LogP contribution is 2.30. The predicted octanol–water partition coefficient (Wildman–Crippen LogP) is 4.27. The molecule has 0 unspecified atom stereocenters. The third kappa shape index (κ3) is 3.82. The zero-order valence-corrected chi connectivity index (χ0v) is 17.8. The van der Waals surface area contributed by atoms with Gasteiger partial charge in [-0.25, -0.2) is 4.98 Å². The molecule has 3 heterocycles. The Morgan fingerprint density at radius 2 is 2.10 bits per heavy atom. The zero-order valence-electron chi connectivity index (χ0n) is 16.3. The van der Waals surface area contributed by atoms with Crippen LogP contribution in [0.2, 0.25) is 10.2 Å². The number of anilines is 2. The topological polar surface area (TPSA) is 89.2 Å². The highest BCUT2D eigenvalue weighted by molar-refractivity contribution is 6.35. The van der Waals surface area contributed by atoms with Crippen LogP contribution in [-0.4, -0.2) is 29.4 Å². The van der Waals surface area contributed by atoms with Crippen LogP contribution in [0, 0.1) is 16.7 Å². The molecule has 4 rings (SSSR count). The van der Waals surface area contributed by atoms with E-state index in [0.29, 0.717) is 31.3 Å². The Morgan fingerprint density at radius 1 is 1.33 bits per heavy atom. The normalized spacial score (nSPS) is 14.8. The largest absolute Gasteiger partial charge is 0.487 e. The summed E-state index contributed by atoms with van der Waals surface area (Å²) in [6.45, 7) is 3.71. The third-order valence-electron chi connectivity index (χ3n) is 4.98. The van der Waals surface area contributed by atoms with E-state index in [2.05, 4.69) is 17.2 Å². The number of fused-ring (bicyclic) bond motifs is 1. The fraction of sp³-hybridized carbons (Fsp3) is 0.286. The highest BCUT2D eigenvalue weighted by atomic mass is 35.5. The molecule has 0 amide bonds. The summed E-state index contributed by atoms with van der Waals surface area (Å²) >= 11 is 12.2. The number of nitriles is 1. The number of halogens is 2. The number of rotatable bonds is 5. The van der Waals surface area contributed by atoms with E-state index < -0.39 is 0 Å². The van der Waals surface area contributed by atoms with Gasteiger partial charge in [-0.1, -0.05) is 30.1 Å². The summed E-state index contributed by atoms with van der Waals surface area (Å²) in [5, 5.41) is 13.3. The number of benzene rings is 1. The predicted molar refractivity (Wildman–Crippen MR) is 116 cm³/mol. The summed E-state index contributed by atoms with van der Waals surface area (Å²) in [6, 6.07) is 10.6. The fourth-order valence-electron chi connectivity index (χ4n) is 3.19. The molecule has 1 fully saturated rings. The molecule has 0 bridgehead atoms. The van der Waals surface area contributed by atoms with Gasteiger partial charge in [-0.05, 0) is 30.3 Å². The molecule has 7 nitrogen and oxygen atoms in total. The molecule has 0 spiro atoms. The Bertz CT molecular complexity index is 1250. The zero-order chi connectivity index (χ0) is 21.5. The van der Waals surface area contributed by atoms with E-state index >= 15 is 0 Å². The monoisotopic (exact) mass is 444 g/mol. The molecule has 1 saturated heterocycles. The molecule has 0 radical (unpaired) electrons. The van der Waals surface area contributed by atoms with Crippen molar-refractivity contribution < 1.29 is 9.47 Å². The number of pyridine rings is 2. The summed E-state index contributed by atoms with van der Waals surface area (Å²) in [4.78, 5) is 16.8. The first-order valence-corrected chi connectivity index (χ1v) is 9.93. The number of hydrogen-bond acceptors (Lipinski definition) is 6. The number of nitrogens with one attached hydrogen (secondary N) is 1. The minimum absolute atomic E-state index is 0.0664. The summed E-state index contributed by atoms with van der Waals surface area (Å²) in [5.74, 6) is 0.618. The standard InChI is InChI=1S/C21H18Cl2N4O3/c1-21(9-29-10-21)11-30-17-7-12-5-14(3-4-16(12)27(2)20(17)28)25-19-15(22)6-13(8-24)18(23)26-19/h3-7H,9-11H2,1-2H3,(H,25,26). The quantitative estimate of drug-likeness (QED) is 0.590. The molecule has 0 saturated carbocycles. The number of aryl methyl sites for hydroxylation is 1. The SMILES string of the molecule is Cn1c(=O)c(OCC2(C)COC2)cc2cc(Nc3nc(Cl)c(C#N)cc3Cl)ccc21. The van der Waals surface area contributed by atoms with Crippen molar-refractivity contribution in [2.24, 2.45) is 12.5 Å². The molecular weight excluding hydrogens is 427 g/mol. The van der Waals surface area contributed by atoms with Gasteiger partial charge < -0.3 is 19.4 Å².